The van der Waals surface area contributed by atoms with E-state index in [9.17, 15) is 4.79 Å². The fourth-order valence-electron chi connectivity index (χ4n) is 2.39. The molecule has 0 fully saturated rings. The van der Waals surface area contributed by atoms with Crippen LogP contribution in [0.4, 0.5) is 0 Å². The lowest BCUT2D eigenvalue weighted by Crippen LogP contribution is -1.93. The summed E-state index contributed by atoms with van der Waals surface area (Å²) in [5, 5.41) is 8.50. The molecule has 0 atom stereocenters. The molecule has 2 heteroatoms. The van der Waals surface area contributed by atoms with E-state index in [1.165, 1.54) is 70.6 Å². The predicted octanol–water partition coefficient (Wildman–Crippen LogP) is 5.76. The second-order valence-corrected chi connectivity index (χ2v) is 5.58. The second-order valence-electron chi connectivity index (χ2n) is 5.58. The monoisotopic (exact) mass is 269 g/mol. The van der Waals surface area contributed by atoms with Gasteiger partial charge in [0.1, 0.15) is 0 Å². The van der Waals surface area contributed by atoms with Crippen molar-refractivity contribution in [1.29, 1.82) is 0 Å². The Balaban J connectivity index is 2.93. The maximum Gasteiger partial charge on any atom is 0.303 e. The summed E-state index contributed by atoms with van der Waals surface area (Å²) in [5.41, 5.74) is 0. The van der Waals surface area contributed by atoms with Gasteiger partial charge in [-0.05, 0) is 12.8 Å². The Morgan fingerprint density at radius 3 is 1.47 bits per heavy atom. The average Bonchev–Trinajstić information content (AvgIpc) is 2.39. The highest BCUT2D eigenvalue weighted by Gasteiger charge is 1.96. The van der Waals surface area contributed by atoms with Gasteiger partial charge in [-0.25, -0.2) is 0 Å². The summed E-state index contributed by atoms with van der Waals surface area (Å²) in [5.74, 6) is -0.656. The van der Waals surface area contributed by atoms with Crippen LogP contribution >= 0.6 is 0 Å². The molecule has 0 aromatic rings. The van der Waals surface area contributed by atoms with Gasteiger partial charge in [-0.2, -0.15) is 0 Å². The first-order valence-corrected chi connectivity index (χ1v) is 8.27. The maximum absolute atomic E-state index is 10.3. The van der Waals surface area contributed by atoms with Gasteiger partial charge in [0, 0.05) is 6.42 Å². The van der Waals surface area contributed by atoms with Gasteiger partial charge in [0.05, 0.1) is 0 Å². The smallest absolute Gasteiger partial charge is 0.303 e. The van der Waals surface area contributed by atoms with E-state index < -0.39 is 5.97 Å². The largest absolute Gasteiger partial charge is 0.481 e. The van der Waals surface area contributed by atoms with Crippen LogP contribution in [0.15, 0.2) is 0 Å². The normalized spacial score (nSPS) is 10.8. The molecule has 0 aliphatic carbocycles. The molecule has 1 radical (unpaired) electrons. The molecule has 0 amide bonds. The quantitative estimate of drug-likeness (QED) is 0.384. The molecule has 0 spiro atoms. The van der Waals surface area contributed by atoms with Crippen molar-refractivity contribution < 1.29 is 9.90 Å². The van der Waals surface area contributed by atoms with Crippen LogP contribution in [-0.2, 0) is 4.79 Å². The summed E-state index contributed by atoms with van der Waals surface area (Å²) in [6, 6.07) is 0. The number of carboxylic acids is 1. The second kappa shape index (κ2) is 15.5. The fraction of sp³-hybridized carbons (Fsp3) is 0.882. The number of hydrogen-bond donors (Lipinski definition) is 1. The van der Waals surface area contributed by atoms with Gasteiger partial charge in [-0.3, -0.25) is 4.79 Å². The molecular formula is C17H33O2. The third-order valence-electron chi connectivity index (χ3n) is 3.63. The van der Waals surface area contributed by atoms with E-state index in [1.54, 1.807) is 0 Å². The Kier molecular flexibility index (Phi) is 15.1. The van der Waals surface area contributed by atoms with Crippen LogP contribution in [0, 0.1) is 6.42 Å². The van der Waals surface area contributed by atoms with Crippen LogP contribution in [0.3, 0.4) is 0 Å². The molecule has 0 aliphatic heterocycles. The zero-order chi connectivity index (χ0) is 14.2. The molecule has 1 N–H and O–H groups in total. The van der Waals surface area contributed by atoms with Crippen LogP contribution < -0.4 is 0 Å². The van der Waals surface area contributed by atoms with Crippen LogP contribution in [0.25, 0.3) is 0 Å². The van der Waals surface area contributed by atoms with Gasteiger partial charge in [-0.15, -0.1) is 0 Å². The molecule has 113 valence electrons. The fourth-order valence-corrected chi connectivity index (χ4v) is 2.39. The minimum Gasteiger partial charge on any atom is -0.481 e. The van der Waals surface area contributed by atoms with Crippen LogP contribution in [-0.4, -0.2) is 11.1 Å². The molecule has 0 aliphatic rings. The lowest BCUT2D eigenvalue weighted by molar-refractivity contribution is -0.137. The Morgan fingerprint density at radius 2 is 1.11 bits per heavy atom. The molecule has 0 heterocycles. The van der Waals surface area contributed by atoms with Crippen LogP contribution in [0.5, 0.6) is 0 Å². The minimum atomic E-state index is -0.656. The van der Waals surface area contributed by atoms with Gasteiger partial charge < -0.3 is 5.11 Å². The molecule has 0 saturated heterocycles. The van der Waals surface area contributed by atoms with E-state index in [2.05, 4.69) is 13.3 Å². The lowest BCUT2D eigenvalue weighted by atomic mass is 10.0. The van der Waals surface area contributed by atoms with Crippen molar-refractivity contribution in [3.05, 3.63) is 6.42 Å². The zero-order valence-corrected chi connectivity index (χ0v) is 12.8. The van der Waals surface area contributed by atoms with Crippen molar-refractivity contribution in [1.82, 2.24) is 0 Å². The van der Waals surface area contributed by atoms with Crippen molar-refractivity contribution >= 4 is 5.97 Å². The zero-order valence-electron chi connectivity index (χ0n) is 12.8. The topological polar surface area (TPSA) is 37.3 Å². The van der Waals surface area contributed by atoms with Gasteiger partial charge in [-0.1, -0.05) is 84.0 Å². The van der Waals surface area contributed by atoms with Gasteiger partial charge in [0.25, 0.3) is 0 Å². The van der Waals surface area contributed by atoms with Crippen molar-refractivity contribution in [3.63, 3.8) is 0 Å². The van der Waals surface area contributed by atoms with Gasteiger partial charge in [0.2, 0.25) is 0 Å². The van der Waals surface area contributed by atoms with Crippen molar-refractivity contribution in [3.8, 4) is 0 Å². The minimum absolute atomic E-state index is 0.343. The van der Waals surface area contributed by atoms with E-state index >= 15 is 0 Å². The first-order chi connectivity index (χ1) is 9.27. The standard InChI is InChI=1S/C17H33O2/c1-2-3-4-5-6-7-8-9-10-11-12-13-14-15-16-17(18)19/h2H,3-16H2,1H3,(H,18,19). The number of carbonyl (C=O) groups is 1. The third kappa shape index (κ3) is 17.5. The first-order valence-electron chi connectivity index (χ1n) is 8.27. The predicted molar refractivity (Wildman–Crippen MR) is 82.2 cm³/mol. The summed E-state index contributed by atoms with van der Waals surface area (Å²) >= 11 is 0. The summed E-state index contributed by atoms with van der Waals surface area (Å²) in [7, 11) is 0. The summed E-state index contributed by atoms with van der Waals surface area (Å²) in [6.45, 7) is 2.14. The SMILES string of the molecule is C[CH]CCCCCCCCCCCCCCC(=O)O. The highest BCUT2D eigenvalue weighted by molar-refractivity contribution is 5.66. The molecule has 0 bridgehead atoms. The van der Waals surface area contributed by atoms with Crippen molar-refractivity contribution in [2.24, 2.45) is 0 Å². The molecule has 2 nitrogen and oxygen atoms in total. The highest BCUT2D eigenvalue weighted by atomic mass is 16.4. The Labute approximate surface area is 120 Å². The Hall–Kier alpha value is -0.530. The van der Waals surface area contributed by atoms with Crippen LogP contribution in [0.2, 0.25) is 0 Å². The summed E-state index contributed by atoms with van der Waals surface area (Å²) in [4.78, 5) is 10.3. The summed E-state index contributed by atoms with van der Waals surface area (Å²) < 4.78 is 0. The molecule has 0 rings (SSSR count). The molecule has 0 unspecified atom stereocenters. The highest BCUT2D eigenvalue weighted by Crippen LogP contribution is 2.13. The number of rotatable bonds is 15. The van der Waals surface area contributed by atoms with E-state index in [4.69, 9.17) is 5.11 Å². The molecular weight excluding hydrogens is 236 g/mol. The Morgan fingerprint density at radius 1 is 0.737 bits per heavy atom. The van der Waals surface area contributed by atoms with E-state index in [0.717, 1.165) is 12.8 Å². The average molecular weight is 269 g/mol. The number of aliphatic carboxylic acids is 1. The van der Waals surface area contributed by atoms with Gasteiger partial charge >= 0.3 is 5.97 Å². The first kappa shape index (κ1) is 18.5. The van der Waals surface area contributed by atoms with E-state index in [-0.39, 0.29) is 0 Å². The number of carboxylic acid groups (broad SMARTS) is 1. The lowest BCUT2D eigenvalue weighted by Gasteiger charge is -2.02. The maximum atomic E-state index is 10.3. The molecule has 0 saturated carbocycles. The molecule has 0 aromatic carbocycles. The van der Waals surface area contributed by atoms with Crippen molar-refractivity contribution in [2.75, 3.05) is 0 Å². The van der Waals surface area contributed by atoms with Crippen LogP contribution in [0.1, 0.15) is 96.8 Å². The molecule has 19 heavy (non-hydrogen) atoms. The molecule has 0 aromatic heterocycles. The summed E-state index contributed by atoms with van der Waals surface area (Å²) in [6.07, 6.45) is 19.4. The third-order valence-corrected chi connectivity index (χ3v) is 3.63. The van der Waals surface area contributed by atoms with Gasteiger partial charge in [0.15, 0.2) is 0 Å². The van der Waals surface area contributed by atoms with Crippen molar-refractivity contribution in [2.45, 2.75) is 96.8 Å². The van der Waals surface area contributed by atoms with E-state index in [1.807, 2.05) is 0 Å². The van der Waals surface area contributed by atoms with E-state index in [0.29, 0.717) is 6.42 Å². The number of hydrogen-bond acceptors (Lipinski definition) is 1. The number of unbranched alkanes of at least 4 members (excludes halogenated alkanes) is 13. The Bertz CT molecular complexity index is 190.